The molecule has 0 aliphatic heterocycles. The third kappa shape index (κ3) is 3.07. The predicted molar refractivity (Wildman–Crippen MR) is 69.7 cm³/mol. The molecule has 0 amide bonds. The highest BCUT2D eigenvalue weighted by atomic mass is 16.6. The van der Waals surface area contributed by atoms with Crippen LogP contribution in [0.25, 0.3) is 0 Å². The molecular formula is C14H10N2O3. The molecule has 2 rings (SSSR count). The number of hydrogen-bond donors (Lipinski definition) is 1. The zero-order valence-electron chi connectivity index (χ0n) is 10.1. The van der Waals surface area contributed by atoms with Crippen molar-refractivity contribution in [2.45, 2.75) is 6.92 Å². The topological polar surface area (TPSA) is 76.3 Å². The van der Waals surface area contributed by atoms with E-state index in [-0.39, 0.29) is 11.4 Å². The van der Waals surface area contributed by atoms with Gasteiger partial charge in [-0.2, -0.15) is 0 Å². The van der Waals surface area contributed by atoms with Gasteiger partial charge in [-0.3, -0.25) is 10.1 Å². The number of aryl methyl sites for hydroxylation is 1. The Balaban J connectivity index is 2.35. The second kappa shape index (κ2) is 5.19. The SMILES string of the molecule is Cc1cccc(C#Cc2ccc(O)c([N+](=O)[O-])c2)n1. The number of nitro benzene ring substituents is 1. The third-order valence-corrected chi connectivity index (χ3v) is 2.40. The van der Waals surface area contributed by atoms with Gasteiger partial charge in [0.2, 0.25) is 0 Å². The van der Waals surface area contributed by atoms with Crippen molar-refractivity contribution in [2.75, 3.05) is 0 Å². The summed E-state index contributed by atoms with van der Waals surface area (Å²) in [5.41, 5.74) is 1.54. The first-order valence-corrected chi connectivity index (χ1v) is 5.49. The summed E-state index contributed by atoms with van der Waals surface area (Å²) in [7, 11) is 0. The number of aromatic hydroxyl groups is 1. The molecule has 1 aromatic heterocycles. The fourth-order valence-corrected chi connectivity index (χ4v) is 1.50. The molecule has 0 aliphatic rings. The molecule has 5 nitrogen and oxygen atoms in total. The van der Waals surface area contributed by atoms with Crippen LogP contribution < -0.4 is 0 Å². The zero-order valence-corrected chi connectivity index (χ0v) is 10.1. The molecular weight excluding hydrogens is 244 g/mol. The van der Waals surface area contributed by atoms with E-state index >= 15 is 0 Å². The van der Waals surface area contributed by atoms with Gasteiger partial charge in [-0.05, 0) is 37.1 Å². The van der Waals surface area contributed by atoms with E-state index in [1.54, 1.807) is 6.07 Å². The Morgan fingerprint density at radius 1 is 1.26 bits per heavy atom. The van der Waals surface area contributed by atoms with Crippen LogP contribution >= 0.6 is 0 Å². The Morgan fingerprint density at radius 2 is 2.05 bits per heavy atom. The van der Waals surface area contributed by atoms with Gasteiger partial charge in [-0.15, -0.1) is 0 Å². The van der Waals surface area contributed by atoms with Gasteiger partial charge in [0.15, 0.2) is 5.75 Å². The minimum absolute atomic E-state index is 0.357. The van der Waals surface area contributed by atoms with Crippen LogP contribution in [0.15, 0.2) is 36.4 Å². The molecule has 0 aliphatic carbocycles. The van der Waals surface area contributed by atoms with E-state index < -0.39 is 4.92 Å². The second-order valence-electron chi connectivity index (χ2n) is 3.87. The van der Waals surface area contributed by atoms with E-state index in [0.29, 0.717) is 11.3 Å². The van der Waals surface area contributed by atoms with Gasteiger partial charge in [0.05, 0.1) is 4.92 Å². The first-order chi connectivity index (χ1) is 9.06. The van der Waals surface area contributed by atoms with E-state index in [1.807, 2.05) is 19.1 Å². The van der Waals surface area contributed by atoms with Crippen molar-refractivity contribution in [2.24, 2.45) is 0 Å². The molecule has 0 unspecified atom stereocenters. The van der Waals surface area contributed by atoms with Crippen LogP contribution in [-0.4, -0.2) is 15.0 Å². The van der Waals surface area contributed by atoms with Crippen molar-refractivity contribution in [3.05, 3.63) is 63.5 Å². The van der Waals surface area contributed by atoms with Crippen molar-refractivity contribution in [3.8, 4) is 17.6 Å². The number of pyridine rings is 1. The number of nitrogens with zero attached hydrogens (tertiary/aromatic N) is 2. The normalized spacial score (nSPS) is 9.53. The van der Waals surface area contributed by atoms with Crippen LogP contribution in [0, 0.1) is 28.9 Å². The van der Waals surface area contributed by atoms with E-state index in [1.165, 1.54) is 18.2 Å². The number of nitro groups is 1. The Kier molecular flexibility index (Phi) is 3.44. The highest BCUT2D eigenvalue weighted by Crippen LogP contribution is 2.25. The highest BCUT2D eigenvalue weighted by molar-refractivity contribution is 5.53. The van der Waals surface area contributed by atoms with Gasteiger partial charge in [-0.1, -0.05) is 12.0 Å². The standard InChI is InChI=1S/C14H10N2O3/c1-10-3-2-4-12(15-10)7-5-11-6-8-14(17)13(9-11)16(18)19/h2-4,6,8-9,17H,1H3. The van der Waals surface area contributed by atoms with E-state index in [4.69, 9.17) is 0 Å². The summed E-state index contributed by atoms with van der Waals surface area (Å²) in [6.45, 7) is 1.86. The van der Waals surface area contributed by atoms with Crippen LogP contribution in [0.2, 0.25) is 0 Å². The number of hydrogen-bond acceptors (Lipinski definition) is 4. The van der Waals surface area contributed by atoms with Gasteiger partial charge >= 0.3 is 5.69 Å². The van der Waals surface area contributed by atoms with Crippen LogP contribution in [0.1, 0.15) is 17.0 Å². The molecule has 1 heterocycles. The smallest absolute Gasteiger partial charge is 0.311 e. The number of rotatable bonds is 1. The van der Waals surface area contributed by atoms with Gasteiger partial charge in [0, 0.05) is 17.3 Å². The monoisotopic (exact) mass is 254 g/mol. The lowest BCUT2D eigenvalue weighted by Crippen LogP contribution is -1.89. The van der Waals surface area contributed by atoms with Crippen LogP contribution in [0.5, 0.6) is 5.75 Å². The molecule has 5 heteroatoms. The quantitative estimate of drug-likeness (QED) is 0.481. The van der Waals surface area contributed by atoms with Crippen molar-refractivity contribution in [1.82, 2.24) is 4.98 Å². The first kappa shape index (κ1) is 12.6. The lowest BCUT2D eigenvalue weighted by Gasteiger charge is -1.96. The highest BCUT2D eigenvalue weighted by Gasteiger charge is 2.12. The summed E-state index contributed by atoms with van der Waals surface area (Å²) >= 11 is 0. The zero-order chi connectivity index (χ0) is 13.8. The van der Waals surface area contributed by atoms with Crippen LogP contribution in [0.3, 0.4) is 0 Å². The minimum atomic E-state index is -0.647. The van der Waals surface area contributed by atoms with E-state index in [0.717, 1.165) is 5.69 Å². The minimum Gasteiger partial charge on any atom is -0.502 e. The van der Waals surface area contributed by atoms with E-state index in [9.17, 15) is 15.2 Å². The molecule has 0 atom stereocenters. The molecule has 2 aromatic rings. The molecule has 0 saturated heterocycles. The lowest BCUT2D eigenvalue weighted by atomic mass is 10.2. The maximum atomic E-state index is 10.7. The fourth-order valence-electron chi connectivity index (χ4n) is 1.50. The third-order valence-electron chi connectivity index (χ3n) is 2.40. The number of phenolic OH excluding ortho intramolecular Hbond substituents is 1. The largest absolute Gasteiger partial charge is 0.502 e. The molecule has 0 saturated carbocycles. The van der Waals surface area contributed by atoms with Crippen LogP contribution in [0.4, 0.5) is 5.69 Å². The van der Waals surface area contributed by atoms with Crippen molar-refractivity contribution < 1.29 is 10.0 Å². The molecule has 1 N–H and O–H groups in total. The summed E-state index contributed by atoms with van der Waals surface area (Å²) in [5, 5.41) is 20.0. The molecule has 94 valence electrons. The van der Waals surface area contributed by atoms with Gasteiger partial charge < -0.3 is 5.11 Å². The maximum Gasteiger partial charge on any atom is 0.311 e. The summed E-state index contributed by atoms with van der Waals surface area (Å²) in [6, 6.07) is 9.46. The number of phenols is 1. The number of aromatic nitrogens is 1. The average Bonchev–Trinajstić information content (AvgIpc) is 2.37. The van der Waals surface area contributed by atoms with Crippen molar-refractivity contribution in [1.29, 1.82) is 0 Å². The summed E-state index contributed by atoms with van der Waals surface area (Å²) in [4.78, 5) is 14.2. The number of benzene rings is 1. The van der Waals surface area contributed by atoms with Gasteiger partial charge in [-0.25, -0.2) is 4.98 Å². The Labute approximate surface area is 109 Å². The predicted octanol–water partition coefficient (Wildman–Crippen LogP) is 2.40. The summed E-state index contributed by atoms with van der Waals surface area (Å²) < 4.78 is 0. The summed E-state index contributed by atoms with van der Waals surface area (Å²) in [6.07, 6.45) is 0. The lowest BCUT2D eigenvalue weighted by molar-refractivity contribution is -0.385. The van der Waals surface area contributed by atoms with E-state index in [2.05, 4.69) is 16.8 Å². The fraction of sp³-hybridized carbons (Fsp3) is 0.0714. The first-order valence-electron chi connectivity index (χ1n) is 5.49. The Hall–Kier alpha value is -2.87. The average molecular weight is 254 g/mol. The molecule has 0 fully saturated rings. The summed E-state index contributed by atoms with van der Waals surface area (Å²) in [5.74, 6) is 5.23. The molecule has 0 bridgehead atoms. The van der Waals surface area contributed by atoms with Gasteiger partial charge in [0.1, 0.15) is 5.69 Å². The van der Waals surface area contributed by atoms with Crippen molar-refractivity contribution in [3.63, 3.8) is 0 Å². The Morgan fingerprint density at radius 3 is 2.74 bits per heavy atom. The van der Waals surface area contributed by atoms with Crippen LogP contribution in [-0.2, 0) is 0 Å². The Bertz CT molecular complexity index is 699. The maximum absolute atomic E-state index is 10.7. The molecule has 0 radical (unpaired) electrons. The van der Waals surface area contributed by atoms with Crippen molar-refractivity contribution >= 4 is 5.69 Å². The molecule has 0 spiro atoms. The molecule has 19 heavy (non-hydrogen) atoms. The van der Waals surface area contributed by atoms with Gasteiger partial charge in [0.25, 0.3) is 0 Å². The second-order valence-corrected chi connectivity index (χ2v) is 3.87. The molecule has 1 aromatic carbocycles.